The van der Waals surface area contributed by atoms with E-state index in [-0.39, 0.29) is 5.97 Å². The third-order valence-corrected chi connectivity index (χ3v) is 1.26. The van der Waals surface area contributed by atoms with Gasteiger partial charge >= 0.3 is 5.97 Å². The molecule has 0 heterocycles. The summed E-state index contributed by atoms with van der Waals surface area (Å²) in [5.41, 5.74) is 0. The standard InChI is InChI=1S/C10H14O2/c1-3-4-5-6-7-8-9-10(11)12-2/h8-9H,3-5H2,1-2H3/b9-8-. The highest BCUT2D eigenvalue weighted by Gasteiger charge is 1.86. The number of rotatable bonds is 3. The highest BCUT2D eigenvalue weighted by molar-refractivity contribution is 5.82. The molecule has 2 nitrogen and oxygen atoms in total. The van der Waals surface area contributed by atoms with E-state index in [1.165, 1.54) is 19.3 Å². The van der Waals surface area contributed by atoms with Gasteiger partial charge < -0.3 is 4.74 Å². The third kappa shape index (κ3) is 6.88. The van der Waals surface area contributed by atoms with Gasteiger partial charge in [0, 0.05) is 12.5 Å². The van der Waals surface area contributed by atoms with E-state index in [1.54, 1.807) is 0 Å². The molecule has 0 bridgehead atoms. The van der Waals surface area contributed by atoms with Gasteiger partial charge in [-0.15, -0.1) is 0 Å². The second-order valence-electron chi connectivity index (χ2n) is 2.28. The molecule has 66 valence electrons. The molecule has 0 unspecified atom stereocenters. The minimum absolute atomic E-state index is 0.361. The summed E-state index contributed by atoms with van der Waals surface area (Å²) in [6.45, 7) is 2.12. The fraction of sp³-hybridized carbons (Fsp3) is 0.500. The maximum atomic E-state index is 10.5. The van der Waals surface area contributed by atoms with Crippen LogP contribution < -0.4 is 0 Å². The van der Waals surface area contributed by atoms with Crippen molar-refractivity contribution in [2.75, 3.05) is 7.11 Å². The van der Waals surface area contributed by atoms with E-state index >= 15 is 0 Å². The highest BCUT2D eigenvalue weighted by Crippen LogP contribution is 1.90. The van der Waals surface area contributed by atoms with Crippen LogP contribution >= 0.6 is 0 Å². The zero-order valence-corrected chi connectivity index (χ0v) is 7.59. The van der Waals surface area contributed by atoms with Gasteiger partial charge in [0.15, 0.2) is 0 Å². The summed E-state index contributed by atoms with van der Waals surface area (Å²) >= 11 is 0. The molecule has 0 saturated carbocycles. The Balaban J connectivity index is 3.55. The summed E-state index contributed by atoms with van der Waals surface area (Å²) in [5.74, 6) is 5.31. The quantitative estimate of drug-likeness (QED) is 0.277. The Morgan fingerprint density at radius 1 is 1.58 bits per heavy atom. The van der Waals surface area contributed by atoms with Crippen molar-refractivity contribution in [2.45, 2.75) is 26.2 Å². The van der Waals surface area contributed by atoms with Crippen LogP contribution in [0.3, 0.4) is 0 Å². The first-order valence-electron chi connectivity index (χ1n) is 4.04. The number of carbonyl (C=O) groups is 1. The van der Waals surface area contributed by atoms with Crippen molar-refractivity contribution in [1.29, 1.82) is 0 Å². The van der Waals surface area contributed by atoms with Gasteiger partial charge in [0.1, 0.15) is 0 Å². The summed E-state index contributed by atoms with van der Waals surface area (Å²) in [6.07, 6.45) is 5.98. The molecular formula is C10H14O2. The lowest BCUT2D eigenvalue weighted by Gasteiger charge is -1.85. The first-order chi connectivity index (χ1) is 5.81. The monoisotopic (exact) mass is 166 g/mol. The highest BCUT2D eigenvalue weighted by atomic mass is 16.5. The molecule has 0 radical (unpaired) electrons. The van der Waals surface area contributed by atoms with Crippen molar-refractivity contribution in [3.05, 3.63) is 12.2 Å². The fourth-order valence-electron chi connectivity index (χ4n) is 0.574. The third-order valence-electron chi connectivity index (χ3n) is 1.26. The van der Waals surface area contributed by atoms with Crippen molar-refractivity contribution in [3.63, 3.8) is 0 Å². The van der Waals surface area contributed by atoms with Crippen LogP contribution in [0.25, 0.3) is 0 Å². The first-order valence-corrected chi connectivity index (χ1v) is 4.04. The Kier molecular flexibility index (Phi) is 7.07. The summed E-state index contributed by atoms with van der Waals surface area (Å²) < 4.78 is 4.38. The normalized spacial score (nSPS) is 9.17. The van der Waals surface area contributed by atoms with Crippen LogP contribution in [0, 0.1) is 11.8 Å². The molecule has 0 aliphatic heterocycles. The summed E-state index contributed by atoms with van der Waals surface area (Å²) in [6, 6.07) is 0. The number of ether oxygens (including phenoxy) is 1. The van der Waals surface area contributed by atoms with Gasteiger partial charge in [0.2, 0.25) is 0 Å². The Labute approximate surface area is 73.6 Å². The molecule has 0 fully saturated rings. The molecule has 0 aromatic carbocycles. The molecule has 0 N–H and O–H groups in total. The van der Waals surface area contributed by atoms with Crippen LogP contribution in [0.15, 0.2) is 12.2 Å². The molecule has 0 spiro atoms. The Morgan fingerprint density at radius 3 is 2.92 bits per heavy atom. The maximum absolute atomic E-state index is 10.5. The van der Waals surface area contributed by atoms with E-state index in [1.807, 2.05) is 0 Å². The number of carbonyl (C=O) groups excluding carboxylic acids is 1. The topological polar surface area (TPSA) is 26.3 Å². The van der Waals surface area contributed by atoms with Gasteiger partial charge in [-0.3, -0.25) is 0 Å². The molecule has 0 saturated heterocycles. The predicted molar refractivity (Wildman–Crippen MR) is 48.5 cm³/mol. The number of allylic oxidation sites excluding steroid dienone is 1. The second kappa shape index (κ2) is 7.87. The lowest BCUT2D eigenvalue weighted by atomic mass is 10.2. The molecule has 0 aliphatic rings. The largest absolute Gasteiger partial charge is 0.466 e. The Morgan fingerprint density at radius 2 is 2.33 bits per heavy atom. The number of methoxy groups -OCH3 is 1. The average Bonchev–Trinajstić information content (AvgIpc) is 2.10. The van der Waals surface area contributed by atoms with Crippen LogP contribution in [0.1, 0.15) is 26.2 Å². The summed E-state index contributed by atoms with van der Waals surface area (Å²) in [4.78, 5) is 10.5. The predicted octanol–water partition coefficient (Wildman–Crippen LogP) is 1.91. The van der Waals surface area contributed by atoms with Crippen molar-refractivity contribution in [2.24, 2.45) is 0 Å². The number of hydrogen-bond donors (Lipinski definition) is 0. The SMILES string of the molecule is CCCCC#C/C=C\C(=O)OC. The Bertz CT molecular complexity index is 206. The molecule has 0 atom stereocenters. The molecule has 2 heteroatoms. The van der Waals surface area contributed by atoms with Crippen molar-refractivity contribution >= 4 is 5.97 Å². The van der Waals surface area contributed by atoms with E-state index < -0.39 is 0 Å². The molecule has 0 rings (SSSR count). The van der Waals surface area contributed by atoms with Gasteiger partial charge in [-0.1, -0.05) is 25.2 Å². The van der Waals surface area contributed by atoms with Crippen LogP contribution in [-0.2, 0) is 9.53 Å². The van der Waals surface area contributed by atoms with Gasteiger partial charge in [-0.2, -0.15) is 0 Å². The van der Waals surface area contributed by atoms with E-state index in [9.17, 15) is 4.79 Å². The molecule has 0 aromatic heterocycles. The molecule has 12 heavy (non-hydrogen) atoms. The minimum Gasteiger partial charge on any atom is -0.466 e. The van der Waals surface area contributed by atoms with Crippen LogP contribution in [0.2, 0.25) is 0 Å². The van der Waals surface area contributed by atoms with Gasteiger partial charge in [0.25, 0.3) is 0 Å². The summed E-state index contributed by atoms with van der Waals surface area (Å²) in [7, 11) is 1.34. The smallest absolute Gasteiger partial charge is 0.331 e. The second-order valence-corrected chi connectivity index (χ2v) is 2.28. The van der Waals surface area contributed by atoms with Gasteiger partial charge in [0.05, 0.1) is 7.11 Å². The van der Waals surface area contributed by atoms with Gasteiger partial charge in [-0.25, -0.2) is 4.79 Å². The average molecular weight is 166 g/mol. The Hall–Kier alpha value is -1.23. The zero-order chi connectivity index (χ0) is 9.23. The fourth-order valence-corrected chi connectivity index (χ4v) is 0.574. The minimum atomic E-state index is -0.361. The number of hydrogen-bond acceptors (Lipinski definition) is 2. The number of esters is 1. The lowest BCUT2D eigenvalue weighted by Crippen LogP contribution is -1.92. The molecule has 0 amide bonds. The molecule has 0 aliphatic carbocycles. The summed E-state index contributed by atoms with van der Waals surface area (Å²) in [5, 5.41) is 0. The number of unbranched alkanes of at least 4 members (excludes halogenated alkanes) is 2. The molecular weight excluding hydrogens is 152 g/mol. The van der Waals surface area contributed by atoms with E-state index in [0.717, 1.165) is 19.3 Å². The molecule has 0 aromatic rings. The first kappa shape index (κ1) is 10.8. The van der Waals surface area contributed by atoms with E-state index in [2.05, 4.69) is 23.5 Å². The van der Waals surface area contributed by atoms with Gasteiger partial charge in [-0.05, 0) is 12.5 Å². The van der Waals surface area contributed by atoms with Crippen LogP contribution in [0.5, 0.6) is 0 Å². The van der Waals surface area contributed by atoms with E-state index in [4.69, 9.17) is 0 Å². The zero-order valence-electron chi connectivity index (χ0n) is 7.59. The van der Waals surface area contributed by atoms with E-state index in [0.29, 0.717) is 0 Å². The van der Waals surface area contributed by atoms with Crippen LogP contribution in [-0.4, -0.2) is 13.1 Å². The van der Waals surface area contributed by atoms with Crippen LogP contribution in [0.4, 0.5) is 0 Å². The maximum Gasteiger partial charge on any atom is 0.331 e. The van der Waals surface area contributed by atoms with Crippen molar-refractivity contribution in [1.82, 2.24) is 0 Å². The van der Waals surface area contributed by atoms with Crippen molar-refractivity contribution < 1.29 is 9.53 Å². The van der Waals surface area contributed by atoms with Crippen molar-refractivity contribution in [3.8, 4) is 11.8 Å². The lowest BCUT2D eigenvalue weighted by molar-refractivity contribution is -0.134.